The predicted octanol–water partition coefficient (Wildman–Crippen LogP) is 8.88. The molecule has 0 N–H and O–H groups in total. The maximum absolute atomic E-state index is 2.60. The van der Waals surface area contributed by atoms with Gasteiger partial charge in [-0.1, -0.05) is 92.6 Å². The molecule has 0 heteroatoms. The van der Waals surface area contributed by atoms with Crippen LogP contribution in [0.15, 0.2) is 48.5 Å². The van der Waals surface area contributed by atoms with Crippen molar-refractivity contribution in [1.29, 1.82) is 0 Å². The molecule has 0 saturated heterocycles. The maximum atomic E-state index is 2.60. The topological polar surface area (TPSA) is 0 Å². The van der Waals surface area contributed by atoms with E-state index in [0.29, 0.717) is 0 Å². The molecule has 3 aliphatic rings. The summed E-state index contributed by atoms with van der Waals surface area (Å²) in [7, 11) is 0. The molecule has 3 aromatic carbocycles. The molecule has 0 radical (unpaired) electrons. The summed E-state index contributed by atoms with van der Waals surface area (Å²) in [6, 6.07) is 19.5. The third-order valence-electron chi connectivity index (χ3n) is 9.11. The normalized spacial score (nSPS) is 21.2. The van der Waals surface area contributed by atoms with E-state index in [9.17, 15) is 0 Å². The molecule has 0 amide bonds. The molecular formula is C31H36. The molecule has 0 aromatic heterocycles. The number of hydrogen-bond donors (Lipinski definition) is 0. The molecule has 2 fully saturated rings. The van der Waals surface area contributed by atoms with Crippen LogP contribution in [-0.2, 0) is 5.41 Å². The second-order valence-corrected chi connectivity index (χ2v) is 10.7. The smallest absolute Gasteiger partial charge is 0.0271 e. The lowest BCUT2D eigenvalue weighted by molar-refractivity contribution is 0.135. The quantitative estimate of drug-likeness (QED) is 0.397. The van der Waals surface area contributed by atoms with Crippen LogP contribution in [0.25, 0.3) is 21.9 Å². The van der Waals surface area contributed by atoms with Gasteiger partial charge in [-0.2, -0.15) is 0 Å². The number of rotatable bonds is 2. The van der Waals surface area contributed by atoms with E-state index in [4.69, 9.17) is 0 Å². The van der Waals surface area contributed by atoms with E-state index in [1.165, 1.54) is 91.8 Å². The van der Waals surface area contributed by atoms with Crippen molar-refractivity contribution in [3.05, 3.63) is 70.8 Å². The van der Waals surface area contributed by atoms with Crippen LogP contribution in [-0.4, -0.2) is 0 Å². The van der Waals surface area contributed by atoms with E-state index in [-0.39, 0.29) is 5.41 Å². The van der Waals surface area contributed by atoms with Gasteiger partial charge in [0.25, 0.3) is 0 Å². The third kappa shape index (κ3) is 2.80. The minimum atomic E-state index is 0.197. The Hall–Kier alpha value is -2.08. The highest BCUT2D eigenvalue weighted by atomic mass is 14.5. The van der Waals surface area contributed by atoms with E-state index in [0.717, 1.165) is 11.8 Å². The van der Waals surface area contributed by atoms with Gasteiger partial charge in [-0.05, 0) is 90.0 Å². The van der Waals surface area contributed by atoms with Crippen LogP contribution in [0.5, 0.6) is 0 Å². The van der Waals surface area contributed by atoms with Gasteiger partial charge in [0.15, 0.2) is 0 Å². The Morgan fingerprint density at radius 1 is 0.645 bits per heavy atom. The zero-order valence-corrected chi connectivity index (χ0v) is 19.3. The fourth-order valence-electron chi connectivity index (χ4n) is 7.83. The van der Waals surface area contributed by atoms with Gasteiger partial charge < -0.3 is 0 Å². The lowest BCUT2D eigenvalue weighted by atomic mass is 9.50. The minimum absolute atomic E-state index is 0.197. The van der Waals surface area contributed by atoms with Crippen molar-refractivity contribution in [3.63, 3.8) is 0 Å². The number of fused-ring (bicyclic) bond motifs is 2. The van der Waals surface area contributed by atoms with Crippen LogP contribution in [0, 0.1) is 25.7 Å². The molecule has 3 aliphatic carbocycles. The van der Waals surface area contributed by atoms with Crippen molar-refractivity contribution in [3.8, 4) is 11.1 Å². The highest BCUT2D eigenvalue weighted by Gasteiger charge is 2.51. The van der Waals surface area contributed by atoms with Crippen LogP contribution in [0.3, 0.4) is 0 Å². The minimum Gasteiger partial charge on any atom is -0.0613 e. The summed E-state index contributed by atoms with van der Waals surface area (Å²) in [5, 5.41) is 3.06. The summed E-state index contributed by atoms with van der Waals surface area (Å²) in [5.74, 6) is 1.56. The summed E-state index contributed by atoms with van der Waals surface area (Å²) in [6.07, 6.45) is 14.1. The van der Waals surface area contributed by atoms with Crippen LogP contribution in [0.4, 0.5) is 0 Å². The molecule has 0 atom stereocenters. The molecule has 2 saturated carbocycles. The predicted molar refractivity (Wildman–Crippen MR) is 133 cm³/mol. The number of benzene rings is 3. The Morgan fingerprint density at radius 2 is 1.29 bits per heavy atom. The van der Waals surface area contributed by atoms with Crippen LogP contribution >= 0.6 is 0 Å². The average molecular weight is 409 g/mol. The Bertz CT molecular complexity index is 1100. The first-order valence-electron chi connectivity index (χ1n) is 12.9. The van der Waals surface area contributed by atoms with Crippen LogP contribution in [0.1, 0.15) is 86.5 Å². The lowest BCUT2D eigenvalue weighted by Gasteiger charge is -2.53. The Kier molecular flexibility index (Phi) is 4.74. The highest BCUT2D eigenvalue weighted by molar-refractivity contribution is 6.04. The van der Waals surface area contributed by atoms with Crippen molar-refractivity contribution < 1.29 is 0 Å². The third-order valence-corrected chi connectivity index (χ3v) is 9.11. The molecule has 160 valence electrons. The van der Waals surface area contributed by atoms with Crippen molar-refractivity contribution >= 4 is 10.8 Å². The maximum Gasteiger partial charge on any atom is 0.0271 e. The number of hydrogen-bond acceptors (Lipinski definition) is 0. The van der Waals surface area contributed by atoms with E-state index in [2.05, 4.69) is 62.4 Å². The standard InChI is InChI=1S/C31H36/c1-21-16-18-26-27-19-17-22(2)25-14-9-15-28(30(25)27)31(29(26)20-21,23-10-5-3-6-11-23)24-12-7-4-8-13-24/h9,14-20,23-24H,3-8,10-13H2,1-2H3. The van der Waals surface area contributed by atoms with Crippen molar-refractivity contribution in [2.24, 2.45) is 11.8 Å². The molecule has 6 rings (SSSR count). The SMILES string of the molecule is Cc1ccc2c(c1)C(C1CCCCC1)(C1CCCCC1)c1cccc3c(C)ccc-2c13. The summed E-state index contributed by atoms with van der Waals surface area (Å²) in [4.78, 5) is 0. The lowest BCUT2D eigenvalue weighted by Crippen LogP contribution is -2.47. The molecule has 0 unspecified atom stereocenters. The summed E-state index contributed by atoms with van der Waals surface area (Å²) in [6.45, 7) is 4.61. The Balaban J connectivity index is 1.76. The van der Waals surface area contributed by atoms with Gasteiger partial charge in [0.05, 0.1) is 0 Å². The van der Waals surface area contributed by atoms with Gasteiger partial charge in [0.1, 0.15) is 0 Å². The Labute approximate surface area is 188 Å². The summed E-state index contributed by atoms with van der Waals surface area (Å²) >= 11 is 0. The number of aryl methyl sites for hydroxylation is 2. The second-order valence-electron chi connectivity index (χ2n) is 10.7. The fourth-order valence-corrected chi connectivity index (χ4v) is 7.83. The second kappa shape index (κ2) is 7.51. The van der Waals surface area contributed by atoms with Crippen LogP contribution < -0.4 is 0 Å². The zero-order valence-electron chi connectivity index (χ0n) is 19.3. The largest absolute Gasteiger partial charge is 0.0613 e. The van der Waals surface area contributed by atoms with E-state index in [1.54, 1.807) is 16.5 Å². The fraction of sp³-hybridized carbons (Fsp3) is 0.484. The molecule has 0 bridgehead atoms. The first-order valence-corrected chi connectivity index (χ1v) is 12.9. The van der Waals surface area contributed by atoms with Crippen molar-refractivity contribution in [1.82, 2.24) is 0 Å². The molecular weight excluding hydrogens is 372 g/mol. The Morgan fingerprint density at radius 3 is 1.97 bits per heavy atom. The average Bonchev–Trinajstić information content (AvgIpc) is 2.82. The van der Waals surface area contributed by atoms with Gasteiger partial charge in [-0.15, -0.1) is 0 Å². The van der Waals surface area contributed by atoms with Gasteiger partial charge in [-0.3, -0.25) is 0 Å². The van der Waals surface area contributed by atoms with Gasteiger partial charge in [0, 0.05) is 5.41 Å². The molecule has 31 heavy (non-hydrogen) atoms. The monoisotopic (exact) mass is 408 g/mol. The van der Waals surface area contributed by atoms with Gasteiger partial charge in [-0.25, -0.2) is 0 Å². The van der Waals surface area contributed by atoms with E-state index < -0.39 is 0 Å². The zero-order chi connectivity index (χ0) is 21.0. The molecule has 0 aliphatic heterocycles. The van der Waals surface area contributed by atoms with Crippen molar-refractivity contribution in [2.75, 3.05) is 0 Å². The van der Waals surface area contributed by atoms with Crippen LogP contribution in [0.2, 0.25) is 0 Å². The first kappa shape index (κ1) is 19.6. The molecule has 0 spiro atoms. The van der Waals surface area contributed by atoms with E-state index >= 15 is 0 Å². The van der Waals surface area contributed by atoms with Gasteiger partial charge >= 0.3 is 0 Å². The summed E-state index contributed by atoms with van der Waals surface area (Å²) in [5.41, 5.74) is 9.42. The van der Waals surface area contributed by atoms with Crippen molar-refractivity contribution in [2.45, 2.75) is 83.5 Å². The first-order chi connectivity index (χ1) is 15.2. The van der Waals surface area contributed by atoms with E-state index in [1.807, 2.05) is 0 Å². The molecule has 3 aromatic rings. The molecule has 0 nitrogen and oxygen atoms in total. The summed E-state index contributed by atoms with van der Waals surface area (Å²) < 4.78 is 0. The highest BCUT2D eigenvalue weighted by Crippen LogP contribution is 2.61. The van der Waals surface area contributed by atoms with Gasteiger partial charge in [0.2, 0.25) is 0 Å². The molecule has 0 heterocycles.